The summed E-state index contributed by atoms with van der Waals surface area (Å²) >= 11 is 0. The summed E-state index contributed by atoms with van der Waals surface area (Å²) in [6, 6.07) is 2.94. The third-order valence-electron chi connectivity index (χ3n) is 6.46. The van der Waals surface area contributed by atoms with Crippen LogP contribution in [0.2, 0.25) is 0 Å². The van der Waals surface area contributed by atoms with E-state index in [4.69, 9.17) is 0 Å². The number of likely N-dealkylation sites (tertiary alicyclic amines) is 1. The molecular weight excluding hydrogens is 416 g/mol. The van der Waals surface area contributed by atoms with Gasteiger partial charge >= 0.3 is 0 Å². The molecule has 1 aliphatic carbocycles. The van der Waals surface area contributed by atoms with Crippen molar-refractivity contribution in [2.45, 2.75) is 89.9 Å². The molecule has 2 aliphatic rings. The van der Waals surface area contributed by atoms with E-state index < -0.39 is 23.7 Å². The van der Waals surface area contributed by atoms with Crippen molar-refractivity contribution >= 4 is 17.7 Å². The molecule has 1 aromatic carbocycles. The third-order valence-corrected chi connectivity index (χ3v) is 6.46. The summed E-state index contributed by atoms with van der Waals surface area (Å²) in [5.41, 5.74) is 0.0811. The fraction of sp³-hybridized carbons (Fsp3) is 0.625. The minimum Gasteiger partial charge on any atom is -0.352 e. The number of benzene rings is 1. The molecule has 8 heteroatoms. The number of carbonyl (C=O) groups is 3. The maximum absolute atomic E-state index is 14.1. The largest absolute Gasteiger partial charge is 0.352 e. The summed E-state index contributed by atoms with van der Waals surface area (Å²) in [5, 5.41) is 5.89. The lowest BCUT2D eigenvalue weighted by Gasteiger charge is -2.29. The second kappa shape index (κ2) is 10.9. The van der Waals surface area contributed by atoms with Gasteiger partial charge in [-0.1, -0.05) is 45.2 Å². The smallest absolute Gasteiger partial charge is 0.243 e. The van der Waals surface area contributed by atoms with E-state index in [1.807, 2.05) is 13.8 Å². The van der Waals surface area contributed by atoms with E-state index in [2.05, 4.69) is 10.6 Å². The lowest BCUT2D eigenvalue weighted by molar-refractivity contribution is -0.133. The highest BCUT2D eigenvalue weighted by atomic mass is 19.2. The summed E-state index contributed by atoms with van der Waals surface area (Å²) in [7, 11) is 0. The van der Waals surface area contributed by atoms with Crippen molar-refractivity contribution < 1.29 is 23.2 Å². The van der Waals surface area contributed by atoms with E-state index in [9.17, 15) is 23.2 Å². The Morgan fingerprint density at radius 3 is 2.53 bits per heavy atom. The minimum absolute atomic E-state index is 0.0165. The first-order valence-corrected chi connectivity index (χ1v) is 11.6. The van der Waals surface area contributed by atoms with Gasteiger partial charge in [-0.15, -0.1) is 0 Å². The van der Waals surface area contributed by atoms with Gasteiger partial charge < -0.3 is 15.5 Å². The molecule has 1 aromatic rings. The van der Waals surface area contributed by atoms with Crippen molar-refractivity contribution in [3.05, 3.63) is 35.4 Å². The van der Waals surface area contributed by atoms with E-state index >= 15 is 0 Å². The van der Waals surface area contributed by atoms with Gasteiger partial charge in [-0.3, -0.25) is 14.4 Å². The normalized spacial score (nSPS) is 20.5. The summed E-state index contributed by atoms with van der Waals surface area (Å²) in [6.45, 7) is 3.67. The number of halogens is 2. The Morgan fingerprint density at radius 2 is 1.84 bits per heavy atom. The number of hydrogen-bond donors (Lipinski definition) is 2. The number of rotatable bonds is 8. The van der Waals surface area contributed by atoms with Gasteiger partial charge in [-0.25, -0.2) is 8.78 Å². The van der Waals surface area contributed by atoms with E-state index in [0.29, 0.717) is 6.42 Å². The van der Waals surface area contributed by atoms with Crippen molar-refractivity contribution in [3.63, 3.8) is 0 Å². The van der Waals surface area contributed by atoms with E-state index in [1.54, 1.807) is 0 Å². The van der Waals surface area contributed by atoms with Crippen molar-refractivity contribution in [1.29, 1.82) is 0 Å². The zero-order valence-corrected chi connectivity index (χ0v) is 18.8. The highest BCUT2D eigenvalue weighted by Crippen LogP contribution is 2.25. The summed E-state index contributed by atoms with van der Waals surface area (Å²) in [5.74, 6) is -2.73. The molecule has 1 aliphatic heterocycles. The van der Waals surface area contributed by atoms with Crippen molar-refractivity contribution in [2.24, 2.45) is 5.92 Å². The van der Waals surface area contributed by atoms with Crippen LogP contribution in [0.25, 0.3) is 0 Å². The molecule has 6 nitrogen and oxygen atoms in total. The number of nitrogens with one attached hydrogen (secondary N) is 2. The molecule has 0 bridgehead atoms. The second-order valence-electron chi connectivity index (χ2n) is 9.26. The van der Waals surface area contributed by atoms with Crippen LogP contribution >= 0.6 is 0 Å². The Kier molecular flexibility index (Phi) is 8.21. The van der Waals surface area contributed by atoms with Gasteiger partial charge in [-0.05, 0) is 31.2 Å². The zero-order valence-electron chi connectivity index (χ0n) is 18.8. The number of amides is 3. The summed E-state index contributed by atoms with van der Waals surface area (Å²) < 4.78 is 27.6. The molecule has 2 fully saturated rings. The van der Waals surface area contributed by atoms with E-state index in [1.165, 1.54) is 23.5 Å². The van der Waals surface area contributed by atoms with Crippen LogP contribution in [0.3, 0.4) is 0 Å². The quantitative estimate of drug-likeness (QED) is 0.638. The first kappa shape index (κ1) is 24.1. The van der Waals surface area contributed by atoms with Gasteiger partial charge in [0.05, 0.1) is 0 Å². The zero-order chi connectivity index (χ0) is 23.3. The van der Waals surface area contributed by atoms with Crippen LogP contribution < -0.4 is 10.6 Å². The average Bonchev–Trinajstić information content (AvgIpc) is 3.09. The first-order valence-electron chi connectivity index (χ1n) is 11.6. The molecule has 1 heterocycles. The Bertz CT molecular complexity index is 840. The molecule has 1 saturated carbocycles. The van der Waals surface area contributed by atoms with Crippen molar-refractivity contribution in [3.8, 4) is 0 Å². The average molecular weight is 450 g/mol. The molecule has 3 rings (SSSR count). The fourth-order valence-corrected chi connectivity index (χ4v) is 4.60. The van der Waals surface area contributed by atoms with Gasteiger partial charge in [0.1, 0.15) is 6.04 Å². The van der Waals surface area contributed by atoms with Crippen LogP contribution in [0, 0.1) is 17.6 Å². The third kappa shape index (κ3) is 6.04. The Morgan fingerprint density at radius 1 is 1.12 bits per heavy atom. The molecule has 3 amide bonds. The Labute approximate surface area is 188 Å². The van der Waals surface area contributed by atoms with Gasteiger partial charge in [0.15, 0.2) is 11.6 Å². The van der Waals surface area contributed by atoms with E-state index in [0.717, 1.165) is 31.7 Å². The van der Waals surface area contributed by atoms with Gasteiger partial charge in [0, 0.05) is 37.0 Å². The number of carbonyl (C=O) groups excluding carboxylic acids is 3. The molecule has 0 unspecified atom stereocenters. The number of hydrogen-bond acceptors (Lipinski definition) is 3. The lowest BCUT2D eigenvalue weighted by atomic mass is 9.94. The monoisotopic (exact) mass is 449 g/mol. The van der Waals surface area contributed by atoms with Gasteiger partial charge in [-0.2, -0.15) is 0 Å². The van der Waals surface area contributed by atoms with Crippen LogP contribution in [-0.2, 0) is 20.9 Å². The topological polar surface area (TPSA) is 78.5 Å². The predicted molar refractivity (Wildman–Crippen MR) is 116 cm³/mol. The highest BCUT2D eigenvalue weighted by Gasteiger charge is 2.34. The van der Waals surface area contributed by atoms with Crippen LogP contribution in [0.15, 0.2) is 18.2 Å². The van der Waals surface area contributed by atoms with Crippen molar-refractivity contribution in [2.75, 3.05) is 0 Å². The highest BCUT2D eigenvalue weighted by molar-refractivity contribution is 5.88. The van der Waals surface area contributed by atoms with Crippen LogP contribution in [0.1, 0.15) is 70.8 Å². The van der Waals surface area contributed by atoms with Gasteiger partial charge in [0.2, 0.25) is 17.7 Å². The van der Waals surface area contributed by atoms with Gasteiger partial charge in [0.25, 0.3) is 0 Å². The maximum Gasteiger partial charge on any atom is 0.243 e. The van der Waals surface area contributed by atoms with Crippen LogP contribution in [0.4, 0.5) is 8.78 Å². The molecule has 0 aromatic heterocycles. The Hall–Kier alpha value is -2.51. The molecular formula is C24H33F2N3O3. The lowest BCUT2D eigenvalue weighted by Crippen LogP contribution is -2.53. The molecule has 1 saturated heterocycles. The van der Waals surface area contributed by atoms with Crippen LogP contribution in [-0.4, -0.2) is 40.7 Å². The second-order valence-corrected chi connectivity index (χ2v) is 9.26. The minimum atomic E-state index is -0.977. The maximum atomic E-state index is 14.1. The standard InChI is InChI=1S/C24H33F2N3O3/c1-15(2)23(24(32)27-17-8-4-3-5-9-17)28-20(30)13-18-11-12-21(31)29(18)14-16-7-6-10-19(25)22(16)26/h6-7,10,15,17-18,23H,3-5,8-9,11-14H2,1-2H3,(H,27,32)(H,28,30)/t18-,23+/m0/s1. The molecule has 2 N–H and O–H groups in total. The molecule has 2 atom stereocenters. The van der Waals surface area contributed by atoms with E-state index in [-0.39, 0.29) is 54.6 Å². The van der Waals surface area contributed by atoms with Crippen LogP contribution in [0.5, 0.6) is 0 Å². The molecule has 32 heavy (non-hydrogen) atoms. The fourth-order valence-electron chi connectivity index (χ4n) is 4.60. The predicted octanol–water partition coefficient (Wildman–Crippen LogP) is 3.44. The SMILES string of the molecule is CC(C)[C@@H](NC(=O)C[C@@H]1CCC(=O)N1Cc1cccc(F)c1F)C(=O)NC1CCCCC1. The first-order chi connectivity index (χ1) is 15.3. The van der Waals surface area contributed by atoms with Crippen molar-refractivity contribution in [1.82, 2.24) is 15.5 Å². The summed E-state index contributed by atoms with van der Waals surface area (Å²) in [4.78, 5) is 39.3. The molecule has 176 valence electrons. The Balaban J connectivity index is 1.60. The summed E-state index contributed by atoms with van der Waals surface area (Å²) in [6.07, 6.45) is 6.03. The molecule has 0 spiro atoms. The molecule has 0 radical (unpaired) electrons. The number of nitrogens with zero attached hydrogens (tertiary/aromatic N) is 1.